The van der Waals surface area contributed by atoms with E-state index in [0.717, 1.165) is 11.4 Å². The number of rotatable bonds is 2. The lowest BCUT2D eigenvalue weighted by molar-refractivity contribution is 0.0699. The van der Waals surface area contributed by atoms with Gasteiger partial charge < -0.3 is 5.11 Å². The SMILES string of the molecule is O=C(O)c1cccc2c1nnn2C1CC2CCC1C2. The smallest absolute Gasteiger partial charge is 0.338 e. The molecule has 0 saturated heterocycles. The van der Waals surface area contributed by atoms with Crippen molar-refractivity contribution in [1.29, 1.82) is 0 Å². The van der Waals surface area contributed by atoms with Crippen LogP contribution in [-0.2, 0) is 0 Å². The molecule has 5 nitrogen and oxygen atoms in total. The third-order valence-electron chi connectivity index (χ3n) is 4.75. The second-order valence-corrected chi connectivity index (χ2v) is 5.75. The lowest BCUT2D eigenvalue weighted by atomic mass is 9.95. The lowest BCUT2D eigenvalue weighted by Crippen LogP contribution is -2.17. The highest BCUT2D eigenvalue weighted by atomic mass is 16.4. The molecule has 0 radical (unpaired) electrons. The van der Waals surface area contributed by atoms with E-state index in [1.807, 2.05) is 10.7 Å². The second kappa shape index (κ2) is 3.79. The van der Waals surface area contributed by atoms with E-state index in [9.17, 15) is 9.90 Å². The van der Waals surface area contributed by atoms with Crippen molar-refractivity contribution < 1.29 is 9.90 Å². The summed E-state index contributed by atoms with van der Waals surface area (Å²) in [6.07, 6.45) is 5.08. The van der Waals surface area contributed by atoms with Gasteiger partial charge in [-0.1, -0.05) is 17.7 Å². The van der Waals surface area contributed by atoms with Gasteiger partial charge in [-0.05, 0) is 43.2 Å². The van der Waals surface area contributed by atoms with Gasteiger partial charge in [-0.2, -0.15) is 0 Å². The Labute approximate surface area is 110 Å². The van der Waals surface area contributed by atoms with Gasteiger partial charge in [-0.15, -0.1) is 5.10 Å². The molecule has 19 heavy (non-hydrogen) atoms. The van der Waals surface area contributed by atoms with Crippen LogP contribution in [0.1, 0.15) is 42.1 Å². The van der Waals surface area contributed by atoms with Gasteiger partial charge in [0.05, 0.1) is 17.1 Å². The molecule has 2 bridgehead atoms. The van der Waals surface area contributed by atoms with Crippen LogP contribution in [0.2, 0.25) is 0 Å². The van der Waals surface area contributed by atoms with Gasteiger partial charge in [0.25, 0.3) is 0 Å². The van der Waals surface area contributed by atoms with Crippen molar-refractivity contribution in [2.75, 3.05) is 0 Å². The van der Waals surface area contributed by atoms with Crippen LogP contribution in [-0.4, -0.2) is 26.1 Å². The molecule has 2 aromatic rings. The highest BCUT2D eigenvalue weighted by molar-refractivity contribution is 6.00. The molecule has 4 rings (SSSR count). The number of hydrogen-bond acceptors (Lipinski definition) is 3. The van der Waals surface area contributed by atoms with Crippen LogP contribution in [0.4, 0.5) is 0 Å². The molecule has 3 atom stereocenters. The number of aromatic nitrogens is 3. The van der Waals surface area contributed by atoms with Crippen LogP contribution in [0, 0.1) is 11.8 Å². The number of fused-ring (bicyclic) bond motifs is 3. The Bertz CT molecular complexity index is 664. The summed E-state index contributed by atoms with van der Waals surface area (Å²) in [6, 6.07) is 5.70. The van der Waals surface area contributed by atoms with Gasteiger partial charge in [0, 0.05) is 0 Å². The van der Waals surface area contributed by atoms with Crippen LogP contribution in [0.5, 0.6) is 0 Å². The molecule has 2 aliphatic rings. The zero-order chi connectivity index (χ0) is 13.0. The fraction of sp³-hybridized carbons (Fsp3) is 0.500. The molecule has 1 aromatic carbocycles. The zero-order valence-electron chi connectivity index (χ0n) is 10.5. The van der Waals surface area contributed by atoms with E-state index in [1.54, 1.807) is 12.1 Å². The first-order valence-corrected chi connectivity index (χ1v) is 6.81. The van der Waals surface area contributed by atoms with E-state index in [1.165, 1.54) is 25.7 Å². The molecule has 98 valence electrons. The fourth-order valence-electron chi connectivity index (χ4n) is 3.89. The Morgan fingerprint density at radius 3 is 2.89 bits per heavy atom. The maximum Gasteiger partial charge on any atom is 0.338 e. The molecule has 0 spiro atoms. The number of carbonyl (C=O) groups is 1. The van der Waals surface area contributed by atoms with E-state index in [2.05, 4.69) is 10.3 Å². The number of aromatic carboxylic acids is 1. The number of benzene rings is 1. The summed E-state index contributed by atoms with van der Waals surface area (Å²) in [6.45, 7) is 0. The first-order valence-electron chi connectivity index (χ1n) is 6.81. The highest BCUT2D eigenvalue weighted by Gasteiger charge is 2.41. The molecule has 0 amide bonds. The predicted octanol–water partition coefficient (Wildman–Crippen LogP) is 2.49. The minimum Gasteiger partial charge on any atom is -0.478 e. The average Bonchev–Trinajstić information content (AvgIpc) is 3.11. The molecule has 3 unspecified atom stereocenters. The van der Waals surface area contributed by atoms with E-state index in [4.69, 9.17) is 0 Å². The van der Waals surface area contributed by atoms with E-state index in [0.29, 0.717) is 17.5 Å². The van der Waals surface area contributed by atoms with Crippen molar-refractivity contribution in [3.05, 3.63) is 23.8 Å². The molecule has 1 aromatic heterocycles. The van der Waals surface area contributed by atoms with E-state index in [-0.39, 0.29) is 5.56 Å². The Kier molecular flexibility index (Phi) is 2.19. The number of carboxylic acids is 1. The van der Waals surface area contributed by atoms with Gasteiger partial charge in [0.2, 0.25) is 0 Å². The van der Waals surface area contributed by atoms with Crippen LogP contribution in [0.3, 0.4) is 0 Å². The minimum absolute atomic E-state index is 0.243. The molecule has 2 fully saturated rings. The van der Waals surface area contributed by atoms with Crippen LogP contribution in [0.15, 0.2) is 18.2 Å². The Balaban J connectivity index is 1.84. The molecule has 2 aliphatic carbocycles. The molecule has 1 N–H and O–H groups in total. The van der Waals surface area contributed by atoms with E-state index >= 15 is 0 Å². The molecule has 0 aliphatic heterocycles. The molecule has 2 saturated carbocycles. The van der Waals surface area contributed by atoms with Gasteiger partial charge >= 0.3 is 5.97 Å². The normalized spacial score (nSPS) is 29.2. The first-order chi connectivity index (χ1) is 9.24. The quantitative estimate of drug-likeness (QED) is 0.897. The van der Waals surface area contributed by atoms with Crippen molar-refractivity contribution in [2.24, 2.45) is 11.8 Å². The first kappa shape index (κ1) is 11.0. The minimum atomic E-state index is -0.939. The third kappa shape index (κ3) is 1.50. The fourth-order valence-corrected chi connectivity index (χ4v) is 3.89. The molecular weight excluding hydrogens is 242 g/mol. The summed E-state index contributed by atoms with van der Waals surface area (Å²) in [4.78, 5) is 11.2. The Morgan fingerprint density at radius 1 is 1.32 bits per heavy atom. The summed E-state index contributed by atoms with van der Waals surface area (Å²) >= 11 is 0. The topological polar surface area (TPSA) is 68.0 Å². The van der Waals surface area contributed by atoms with Crippen molar-refractivity contribution in [1.82, 2.24) is 15.0 Å². The summed E-state index contributed by atoms with van der Waals surface area (Å²) < 4.78 is 1.96. The Hall–Kier alpha value is -1.91. The van der Waals surface area contributed by atoms with Gasteiger partial charge in [-0.25, -0.2) is 9.48 Å². The lowest BCUT2D eigenvalue weighted by Gasteiger charge is -2.22. The predicted molar refractivity (Wildman–Crippen MR) is 69.0 cm³/mol. The van der Waals surface area contributed by atoms with Crippen LogP contribution in [0.25, 0.3) is 11.0 Å². The number of carboxylic acid groups (broad SMARTS) is 1. The molecule has 5 heteroatoms. The maximum absolute atomic E-state index is 11.2. The zero-order valence-corrected chi connectivity index (χ0v) is 10.5. The third-order valence-corrected chi connectivity index (χ3v) is 4.75. The van der Waals surface area contributed by atoms with Crippen LogP contribution < -0.4 is 0 Å². The summed E-state index contributed by atoms with van der Waals surface area (Å²) in [7, 11) is 0. The van der Waals surface area contributed by atoms with Gasteiger partial charge in [0.1, 0.15) is 5.52 Å². The van der Waals surface area contributed by atoms with Crippen molar-refractivity contribution in [3.8, 4) is 0 Å². The van der Waals surface area contributed by atoms with Crippen LogP contribution >= 0.6 is 0 Å². The average molecular weight is 257 g/mol. The largest absolute Gasteiger partial charge is 0.478 e. The maximum atomic E-state index is 11.2. The monoisotopic (exact) mass is 257 g/mol. The van der Waals surface area contributed by atoms with Crippen molar-refractivity contribution in [3.63, 3.8) is 0 Å². The second-order valence-electron chi connectivity index (χ2n) is 5.75. The number of hydrogen-bond donors (Lipinski definition) is 1. The summed E-state index contributed by atoms with van der Waals surface area (Å²) in [5.74, 6) is 0.589. The summed E-state index contributed by atoms with van der Waals surface area (Å²) in [5, 5.41) is 17.5. The molecule has 1 heterocycles. The van der Waals surface area contributed by atoms with Gasteiger partial charge in [0.15, 0.2) is 0 Å². The van der Waals surface area contributed by atoms with Crippen molar-refractivity contribution in [2.45, 2.75) is 31.7 Å². The summed E-state index contributed by atoms with van der Waals surface area (Å²) in [5.41, 5.74) is 1.61. The molecular formula is C14H15N3O2. The Morgan fingerprint density at radius 2 is 2.21 bits per heavy atom. The van der Waals surface area contributed by atoms with E-state index < -0.39 is 5.97 Å². The number of nitrogens with zero attached hydrogens (tertiary/aromatic N) is 3. The van der Waals surface area contributed by atoms with Gasteiger partial charge in [-0.3, -0.25) is 0 Å². The highest BCUT2D eigenvalue weighted by Crippen LogP contribution is 2.50. The van der Waals surface area contributed by atoms with Crippen molar-refractivity contribution >= 4 is 17.0 Å². The standard InChI is InChI=1S/C14H15N3O2/c18-14(19)10-2-1-3-11-13(10)15-16-17(11)12-7-8-4-5-9(12)6-8/h1-3,8-9,12H,4-7H2,(H,18,19).